The summed E-state index contributed by atoms with van der Waals surface area (Å²) in [4.78, 5) is 0. The van der Waals surface area contributed by atoms with E-state index in [2.05, 4.69) is 59.8 Å². The van der Waals surface area contributed by atoms with E-state index in [-0.39, 0.29) is 6.10 Å². The Balaban J connectivity index is 1.52. The van der Waals surface area contributed by atoms with Crippen LogP contribution in [0.25, 0.3) is 0 Å². The summed E-state index contributed by atoms with van der Waals surface area (Å²) in [7, 11) is 0. The number of hydrogen-bond donors (Lipinski definition) is 1. The van der Waals surface area contributed by atoms with E-state index in [9.17, 15) is 5.11 Å². The lowest BCUT2D eigenvalue weighted by molar-refractivity contribution is -0.0540. The highest BCUT2D eigenvalue weighted by Gasteiger charge is 2.58. The Kier molecular flexibility index (Phi) is 6.35. The third kappa shape index (κ3) is 3.66. The Morgan fingerprint density at radius 3 is 2.50 bits per heavy atom. The summed E-state index contributed by atoms with van der Waals surface area (Å²) in [6.45, 7) is 14.8. The smallest absolute Gasteiger partial charge is 0.0577 e. The first-order valence-corrected chi connectivity index (χ1v) is 13.3. The van der Waals surface area contributed by atoms with E-state index in [0.29, 0.717) is 16.7 Å². The zero-order chi connectivity index (χ0) is 21.7. The highest BCUT2D eigenvalue weighted by molar-refractivity contribution is 5.25. The van der Waals surface area contributed by atoms with Crippen LogP contribution in [0.3, 0.4) is 0 Å². The quantitative estimate of drug-likeness (QED) is 0.457. The number of aliphatic hydroxyl groups is 1. The van der Waals surface area contributed by atoms with Crippen molar-refractivity contribution in [1.82, 2.24) is 0 Å². The van der Waals surface area contributed by atoms with Gasteiger partial charge in [0.25, 0.3) is 0 Å². The van der Waals surface area contributed by atoms with Gasteiger partial charge in [-0.3, -0.25) is 0 Å². The van der Waals surface area contributed by atoms with Gasteiger partial charge in [-0.1, -0.05) is 65.3 Å². The maximum absolute atomic E-state index is 10.2. The number of rotatable bonds is 5. The monoisotopic (exact) mass is 412 g/mol. The fourth-order valence-corrected chi connectivity index (χ4v) is 8.83. The molecule has 3 fully saturated rings. The lowest BCUT2D eigenvalue weighted by Crippen LogP contribution is -2.50. The molecule has 4 aliphatic rings. The molecule has 0 unspecified atom stereocenters. The lowest BCUT2D eigenvalue weighted by Gasteiger charge is -2.58. The average Bonchev–Trinajstić information content (AvgIpc) is 3.06. The summed E-state index contributed by atoms with van der Waals surface area (Å²) < 4.78 is 0. The molecule has 4 aliphatic carbocycles. The minimum Gasteiger partial charge on any atom is -0.393 e. The molecular formula is C29H48O. The van der Waals surface area contributed by atoms with Gasteiger partial charge >= 0.3 is 0 Å². The Labute approximate surface area is 186 Å². The SMILES string of the molecule is CC[C@@H](/C=C/[C@H](C)[C@H]1CC[C@@H]2[C@@H]3CC=C4C[C@H](O)CC[C@]4(C)[C@H]3CC[C@@]21C)C(C)C. The van der Waals surface area contributed by atoms with Crippen LogP contribution in [-0.2, 0) is 0 Å². The van der Waals surface area contributed by atoms with Crippen LogP contribution in [0.5, 0.6) is 0 Å². The van der Waals surface area contributed by atoms with E-state index < -0.39 is 0 Å². The molecule has 0 heterocycles. The fraction of sp³-hybridized carbons (Fsp3) is 0.862. The first kappa shape index (κ1) is 22.6. The topological polar surface area (TPSA) is 20.2 Å². The standard InChI is InChI=1S/C29H48O/c1-7-21(19(2)3)9-8-20(4)25-12-13-26-24-11-10-22-18-23(30)14-16-28(22,5)27(24)15-17-29(25,26)6/h8-10,19-21,23-27,30H,7,11-18H2,1-6H3/b9-8+/t20-,21-,23+,24-,25+,26+,27-,28-,29+/m0/s1. The van der Waals surface area contributed by atoms with Crippen molar-refractivity contribution < 1.29 is 5.11 Å². The van der Waals surface area contributed by atoms with Gasteiger partial charge in [0.05, 0.1) is 6.10 Å². The Morgan fingerprint density at radius 2 is 1.80 bits per heavy atom. The average molecular weight is 413 g/mol. The number of aliphatic hydroxyl groups excluding tert-OH is 1. The van der Waals surface area contributed by atoms with Crippen molar-refractivity contribution in [3.05, 3.63) is 23.8 Å². The van der Waals surface area contributed by atoms with Crippen LogP contribution in [0, 0.1) is 52.3 Å². The number of allylic oxidation sites excluding steroid dienone is 3. The van der Waals surface area contributed by atoms with Crippen molar-refractivity contribution in [3.8, 4) is 0 Å². The largest absolute Gasteiger partial charge is 0.393 e. The van der Waals surface area contributed by atoms with Gasteiger partial charge in [-0.2, -0.15) is 0 Å². The highest BCUT2D eigenvalue weighted by Crippen LogP contribution is 2.67. The van der Waals surface area contributed by atoms with E-state index in [1.807, 2.05) is 0 Å². The maximum Gasteiger partial charge on any atom is 0.0577 e. The molecule has 0 saturated heterocycles. The van der Waals surface area contributed by atoms with Crippen LogP contribution < -0.4 is 0 Å². The Hall–Kier alpha value is -0.560. The summed E-state index contributed by atoms with van der Waals surface area (Å²) in [6, 6.07) is 0. The van der Waals surface area contributed by atoms with Crippen molar-refractivity contribution >= 4 is 0 Å². The molecule has 0 amide bonds. The summed E-state index contributed by atoms with van der Waals surface area (Å²) >= 11 is 0. The zero-order valence-corrected chi connectivity index (χ0v) is 20.7. The Morgan fingerprint density at radius 1 is 1.03 bits per heavy atom. The van der Waals surface area contributed by atoms with Gasteiger partial charge in [-0.05, 0) is 110 Å². The van der Waals surface area contributed by atoms with Crippen LogP contribution >= 0.6 is 0 Å². The third-order valence-corrected chi connectivity index (χ3v) is 10.8. The molecule has 170 valence electrons. The van der Waals surface area contributed by atoms with Crippen molar-refractivity contribution in [2.75, 3.05) is 0 Å². The molecule has 0 aromatic heterocycles. The predicted octanol–water partition coefficient (Wildman–Crippen LogP) is 7.80. The molecule has 0 spiro atoms. The van der Waals surface area contributed by atoms with Crippen molar-refractivity contribution in [2.24, 2.45) is 52.3 Å². The Bertz CT molecular complexity index is 674. The van der Waals surface area contributed by atoms with Crippen molar-refractivity contribution in [3.63, 3.8) is 0 Å². The minimum atomic E-state index is -0.0870. The molecule has 0 aliphatic heterocycles. The molecule has 1 nitrogen and oxygen atoms in total. The summed E-state index contributed by atoms with van der Waals surface area (Å²) in [5, 5.41) is 10.2. The molecule has 3 saturated carbocycles. The maximum atomic E-state index is 10.2. The van der Waals surface area contributed by atoms with Gasteiger partial charge in [-0.15, -0.1) is 0 Å². The molecule has 0 radical (unpaired) electrons. The van der Waals surface area contributed by atoms with E-state index in [1.54, 1.807) is 5.57 Å². The van der Waals surface area contributed by atoms with E-state index in [4.69, 9.17) is 0 Å². The molecule has 1 heteroatoms. The van der Waals surface area contributed by atoms with Crippen LogP contribution in [-0.4, -0.2) is 11.2 Å². The first-order valence-electron chi connectivity index (χ1n) is 13.3. The van der Waals surface area contributed by atoms with Crippen molar-refractivity contribution in [2.45, 2.75) is 105 Å². The second kappa shape index (κ2) is 8.42. The third-order valence-electron chi connectivity index (χ3n) is 10.8. The van der Waals surface area contributed by atoms with Gasteiger partial charge in [0.1, 0.15) is 0 Å². The highest BCUT2D eigenvalue weighted by atomic mass is 16.3. The molecule has 4 rings (SSSR count). The van der Waals surface area contributed by atoms with Crippen molar-refractivity contribution in [1.29, 1.82) is 0 Å². The van der Waals surface area contributed by atoms with Gasteiger partial charge in [0, 0.05) is 0 Å². The van der Waals surface area contributed by atoms with Crippen LogP contribution in [0.1, 0.15) is 99.3 Å². The fourth-order valence-electron chi connectivity index (χ4n) is 8.83. The minimum absolute atomic E-state index is 0.0870. The number of hydrogen-bond acceptors (Lipinski definition) is 1. The van der Waals surface area contributed by atoms with Crippen LogP contribution in [0.15, 0.2) is 23.8 Å². The molecule has 30 heavy (non-hydrogen) atoms. The van der Waals surface area contributed by atoms with Crippen LogP contribution in [0.4, 0.5) is 0 Å². The normalized spacial score (nSPS) is 45.6. The molecule has 0 aromatic rings. The summed E-state index contributed by atoms with van der Waals surface area (Å²) in [5.41, 5.74) is 2.51. The second-order valence-corrected chi connectivity index (χ2v) is 12.4. The molecule has 0 bridgehead atoms. The molecular weight excluding hydrogens is 364 g/mol. The van der Waals surface area contributed by atoms with Gasteiger partial charge in [-0.25, -0.2) is 0 Å². The zero-order valence-electron chi connectivity index (χ0n) is 20.7. The van der Waals surface area contributed by atoms with E-state index >= 15 is 0 Å². The predicted molar refractivity (Wildman–Crippen MR) is 128 cm³/mol. The molecule has 0 aromatic carbocycles. The summed E-state index contributed by atoms with van der Waals surface area (Å²) in [6.07, 6.45) is 19.1. The second-order valence-electron chi connectivity index (χ2n) is 12.4. The molecule has 1 N–H and O–H groups in total. The van der Waals surface area contributed by atoms with Crippen LogP contribution in [0.2, 0.25) is 0 Å². The van der Waals surface area contributed by atoms with Gasteiger partial charge in [0.15, 0.2) is 0 Å². The number of fused-ring (bicyclic) bond motifs is 5. The van der Waals surface area contributed by atoms with E-state index in [1.165, 1.54) is 44.9 Å². The molecule has 9 atom stereocenters. The lowest BCUT2D eigenvalue weighted by atomic mass is 9.47. The summed E-state index contributed by atoms with van der Waals surface area (Å²) in [5.74, 6) is 5.70. The van der Waals surface area contributed by atoms with Gasteiger partial charge < -0.3 is 5.11 Å². The van der Waals surface area contributed by atoms with Gasteiger partial charge in [0.2, 0.25) is 0 Å². The first-order chi connectivity index (χ1) is 14.2. The van der Waals surface area contributed by atoms with E-state index in [0.717, 1.165) is 48.3 Å².